The molecule has 0 N–H and O–H groups in total. The second-order valence-electron chi connectivity index (χ2n) is 6.82. The first kappa shape index (κ1) is 20.4. The van der Waals surface area contributed by atoms with E-state index in [1.165, 1.54) is 22.3 Å². The Labute approximate surface area is 149 Å². The quantitative estimate of drug-likeness (QED) is 0.568. The summed E-state index contributed by atoms with van der Waals surface area (Å²) < 4.78 is 0. The molecule has 1 aromatic rings. The molecule has 0 aliphatic heterocycles. The van der Waals surface area contributed by atoms with Gasteiger partial charge in [0.2, 0.25) is 0 Å². The molecule has 24 heavy (non-hydrogen) atoms. The number of hydrogen-bond donors (Lipinski definition) is 0. The molecule has 0 aromatic heterocycles. The highest BCUT2D eigenvalue weighted by Crippen LogP contribution is 2.12. The summed E-state index contributed by atoms with van der Waals surface area (Å²) in [6.07, 6.45) is 7.33. The van der Waals surface area contributed by atoms with Crippen molar-refractivity contribution >= 4 is 0 Å². The number of allylic oxidation sites excluding steroid dienone is 4. The van der Waals surface area contributed by atoms with Gasteiger partial charge in [0.1, 0.15) is 0 Å². The molecule has 0 aliphatic carbocycles. The van der Waals surface area contributed by atoms with Crippen LogP contribution in [-0.2, 0) is 6.54 Å². The predicted molar refractivity (Wildman–Crippen MR) is 107 cm³/mol. The van der Waals surface area contributed by atoms with E-state index in [-0.39, 0.29) is 0 Å². The fraction of sp³-hybridized carbons (Fsp3) is 0.455. The molecule has 0 unspecified atom stereocenters. The average molecular weight is 327 g/mol. The number of rotatable bonds is 10. The summed E-state index contributed by atoms with van der Waals surface area (Å²) in [5.41, 5.74) is 5.45. The Morgan fingerprint density at radius 1 is 1.21 bits per heavy atom. The van der Waals surface area contributed by atoms with Crippen LogP contribution in [0.25, 0.3) is 0 Å². The van der Waals surface area contributed by atoms with Crippen molar-refractivity contribution in [2.24, 2.45) is 0 Å². The van der Waals surface area contributed by atoms with Crippen molar-refractivity contribution in [2.75, 3.05) is 33.7 Å². The lowest BCUT2D eigenvalue weighted by Gasteiger charge is -2.25. The summed E-state index contributed by atoms with van der Waals surface area (Å²) in [6, 6.07) is 8.83. The van der Waals surface area contributed by atoms with Gasteiger partial charge in [-0.1, -0.05) is 67.1 Å². The van der Waals surface area contributed by atoms with E-state index in [9.17, 15) is 0 Å². The molecule has 0 heterocycles. The van der Waals surface area contributed by atoms with E-state index in [1.807, 2.05) is 6.08 Å². The molecule has 132 valence electrons. The van der Waals surface area contributed by atoms with Gasteiger partial charge in [-0.25, -0.2) is 0 Å². The van der Waals surface area contributed by atoms with Crippen molar-refractivity contribution < 1.29 is 0 Å². The second kappa shape index (κ2) is 11.0. The Morgan fingerprint density at radius 3 is 2.54 bits per heavy atom. The van der Waals surface area contributed by atoms with E-state index in [4.69, 9.17) is 0 Å². The lowest BCUT2D eigenvalue weighted by Crippen LogP contribution is -2.32. The number of aryl methyl sites for hydroxylation is 1. The fourth-order valence-electron chi connectivity index (χ4n) is 2.76. The molecule has 0 atom stereocenters. The Balaban J connectivity index is 2.83. The third-order valence-electron chi connectivity index (χ3n) is 4.00. The Bertz CT molecular complexity index is 567. The summed E-state index contributed by atoms with van der Waals surface area (Å²) in [5, 5.41) is 0. The zero-order chi connectivity index (χ0) is 17.9. The maximum Gasteiger partial charge on any atom is 0.0237 e. The van der Waals surface area contributed by atoms with Crippen LogP contribution in [0, 0.1) is 6.92 Å². The van der Waals surface area contributed by atoms with E-state index in [0.717, 1.165) is 32.6 Å². The van der Waals surface area contributed by atoms with Crippen LogP contribution < -0.4 is 0 Å². The highest BCUT2D eigenvalue weighted by atomic mass is 15.2. The maximum absolute atomic E-state index is 3.81. The van der Waals surface area contributed by atoms with E-state index in [2.05, 4.69) is 87.7 Å². The Hall–Kier alpha value is -1.64. The highest BCUT2D eigenvalue weighted by molar-refractivity contribution is 5.27. The minimum Gasteiger partial charge on any atom is -0.308 e. The SMILES string of the molecule is C=C/C=C(\C=C(/C)CN(CCN(C)C)Cc1cccc(C)c1)CC. The standard InChI is InChI=1S/C22H34N2/c1-7-10-21(8-2)16-20(4)17-24(14-13-23(5)6)18-22-12-9-11-19(3)15-22/h7,9-12,15-16H,1,8,13-14,17-18H2,2-6H3/b20-16+,21-10-. The fourth-order valence-corrected chi connectivity index (χ4v) is 2.76. The van der Waals surface area contributed by atoms with Gasteiger partial charge < -0.3 is 4.90 Å². The summed E-state index contributed by atoms with van der Waals surface area (Å²) in [5.74, 6) is 0. The predicted octanol–water partition coefficient (Wildman–Crippen LogP) is 4.83. The van der Waals surface area contributed by atoms with Crippen molar-refractivity contribution in [3.8, 4) is 0 Å². The van der Waals surface area contributed by atoms with Gasteiger partial charge in [-0.05, 0) is 45.5 Å². The van der Waals surface area contributed by atoms with Gasteiger partial charge >= 0.3 is 0 Å². The van der Waals surface area contributed by atoms with Crippen LogP contribution in [0.4, 0.5) is 0 Å². The lowest BCUT2D eigenvalue weighted by molar-refractivity contribution is 0.250. The van der Waals surface area contributed by atoms with E-state index in [0.29, 0.717) is 0 Å². The van der Waals surface area contributed by atoms with Crippen LogP contribution >= 0.6 is 0 Å². The van der Waals surface area contributed by atoms with E-state index < -0.39 is 0 Å². The first-order chi connectivity index (χ1) is 11.4. The van der Waals surface area contributed by atoms with Crippen molar-refractivity contribution in [2.45, 2.75) is 33.7 Å². The van der Waals surface area contributed by atoms with Crippen LogP contribution in [0.2, 0.25) is 0 Å². The van der Waals surface area contributed by atoms with Gasteiger partial charge in [-0.3, -0.25) is 4.90 Å². The Kier molecular flexibility index (Phi) is 9.36. The molecule has 0 saturated carbocycles. The zero-order valence-corrected chi connectivity index (χ0v) is 16.2. The number of likely N-dealkylation sites (N-methyl/N-ethyl adjacent to an activating group) is 1. The molecule has 0 spiro atoms. The summed E-state index contributed by atoms with van der Waals surface area (Å²) in [7, 11) is 4.27. The molecule has 2 nitrogen and oxygen atoms in total. The first-order valence-electron chi connectivity index (χ1n) is 8.86. The zero-order valence-electron chi connectivity index (χ0n) is 16.2. The monoisotopic (exact) mass is 326 g/mol. The molecule has 0 aliphatic rings. The van der Waals surface area contributed by atoms with Gasteiger partial charge in [0.05, 0.1) is 0 Å². The number of hydrogen-bond acceptors (Lipinski definition) is 2. The van der Waals surface area contributed by atoms with Gasteiger partial charge in [0, 0.05) is 26.2 Å². The van der Waals surface area contributed by atoms with Crippen LogP contribution in [-0.4, -0.2) is 43.5 Å². The Morgan fingerprint density at radius 2 is 1.96 bits per heavy atom. The largest absolute Gasteiger partial charge is 0.308 e. The number of benzene rings is 1. The minimum atomic E-state index is 0.993. The van der Waals surface area contributed by atoms with Crippen molar-refractivity contribution in [1.29, 1.82) is 0 Å². The number of nitrogens with zero attached hydrogens (tertiary/aromatic N) is 2. The van der Waals surface area contributed by atoms with Crippen LogP contribution in [0.5, 0.6) is 0 Å². The molecule has 0 bridgehead atoms. The van der Waals surface area contributed by atoms with Crippen LogP contribution in [0.3, 0.4) is 0 Å². The van der Waals surface area contributed by atoms with Crippen molar-refractivity contribution in [3.05, 3.63) is 71.3 Å². The molecule has 1 rings (SSSR count). The normalized spacial score (nSPS) is 13.0. The summed E-state index contributed by atoms with van der Waals surface area (Å²) >= 11 is 0. The minimum absolute atomic E-state index is 0.993. The van der Waals surface area contributed by atoms with Gasteiger partial charge in [-0.15, -0.1) is 0 Å². The van der Waals surface area contributed by atoms with Crippen molar-refractivity contribution in [1.82, 2.24) is 9.80 Å². The molecule has 0 saturated heterocycles. The van der Waals surface area contributed by atoms with Gasteiger partial charge in [-0.2, -0.15) is 0 Å². The highest BCUT2D eigenvalue weighted by Gasteiger charge is 2.08. The average Bonchev–Trinajstić information content (AvgIpc) is 2.52. The van der Waals surface area contributed by atoms with Crippen molar-refractivity contribution in [3.63, 3.8) is 0 Å². The van der Waals surface area contributed by atoms with Crippen LogP contribution in [0.15, 0.2) is 60.2 Å². The first-order valence-corrected chi connectivity index (χ1v) is 8.86. The smallest absolute Gasteiger partial charge is 0.0237 e. The molecule has 2 heteroatoms. The topological polar surface area (TPSA) is 6.48 Å². The third kappa shape index (κ3) is 8.28. The van der Waals surface area contributed by atoms with Gasteiger partial charge in [0.15, 0.2) is 0 Å². The van der Waals surface area contributed by atoms with Crippen LogP contribution in [0.1, 0.15) is 31.4 Å². The third-order valence-corrected chi connectivity index (χ3v) is 4.00. The molecule has 0 amide bonds. The molecule has 0 fully saturated rings. The van der Waals surface area contributed by atoms with E-state index in [1.54, 1.807) is 0 Å². The van der Waals surface area contributed by atoms with Gasteiger partial charge in [0.25, 0.3) is 0 Å². The van der Waals surface area contributed by atoms with E-state index >= 15 is 0 Å². The molecular formula is C22H34N2. The summed E-state index contributed by atoms with van der Waals surface area (Å²) in [6.45, 7) is 14.5. The molecular weight excluding hydrogens is 292 g/mol. The molecule has 1 aromatic carbocycles. The lowest BCUT2D eigenvalue weighted by atomic mass is 10.1. The second-order valence-corrected chi connectivity index (χ2v) is 6.82. The molecule has 0 radical (unpaired) electrons. The summed E-state index contributed by atoms with van der Waals surface area (Å²) in [4.78, 5) is 4.78. The maximum atomic E-state index is 3.81.